The molecule has 4 atom stereocenters. The van der Waals surface area contributed by atoms with Crippen LogP contribution in [0.1, 0.15) is 13.8 Å². The van der Waals surface area contributed by atoms with Crippen molar-refractivity contribution in [3.8, 4) is 0 Å². The smallest absolute Gasteiger partial charge is 0.303 e. The third kappa shape index (κ3) is 2.20. The van der Waals surface area contributed by atoms with E-state index in [0.717, 1.165) is 0 Å². The van der Waals surface area contributed by atoms with Crippen molar-refractivity contribution in [2.45, 2.75) is 38.3 Å². The Labute approximate surface area is 94.3 Å². The lowest BCUT2D eigenvalue weighted by Gasteiger charge is -2.17. The van der Waals surface area contributed by atoms with E-state index in [9.17, 15) is 4.79 Å². The Hall–Kier alpha value is -1.07. The molecule has 0 saturated carbocycles. The maximum absolute atomic E-state index is 10.9. The van der Waals surface area contributed by atoms with E-state index in [2.05, 4.69) is 6.58 Å². The minimum Gasteiger partial charge on any atom is -0.490 e. The van der Waals surface area contributed by atoms with Crippen LogP contribution < -0.4 is 0 Å². The van der Waals surface area contributed by atoms with Crippen LogP contribution in [-0.4, -0.2) is 43.6 Å². The second kappa shape index (κ2) is 4.43. The lowest BCUT2D eigenvalue weighted by atomic mass is 10.1. The van der Waals surface area contributed by atoms with Gasteiger partial charge in [0.25, 0.3) is 0 Å². The van der Waals surface area contributed by atoms with Crippen molar-refractivity contribution in [1.29, 1.82) is 0 Å². The van der Waals surface area contributed by atoms with E-state index >= 15 is 0 Å². The molecule has 0 aliphatic carbocycles. The molecule has 0 radical (unpaired) electrons. The van der Waals surface area contributed by atoms with E-state index in [1.807, 2.05) is 0 Å². The summed E-state index contributed by atoms with van der Waals surface area (Å²) >= 11 is 0. The third-order valence-corrected chi connectivity index (χ3v) is 2.63. The molecule has 0 bridgehead atoms. The molecule has 5 heteroatoms. The number of ether oxygens (including phenoxy) is 4. The number of esters is 1. The van der Waals surface area contributed by atoms with Crippen LogP contribution in [0.5, 0.6) is 0 Å². The van der Waals surface area contributed by atoms with Gasteiger partial charge in [-0.3, -0.25) is 4.79 Å². The zero-order chi connectivity index (χ0) is 11.7. The number of hydrogen-bond acceptors (Lipinski definition) is 5. The molecule has 2 fully saturated rings. The molecule has 16 heavy (non-hydrogen) atoms. The Kier molecular flexibility index (Phi) is 3.16. The topological polar surface area (TPSA) is 54.0 Å². The quantitative estimate of drug-likeness (QED) is 0.524. The fourth-order valence-corrected chi connectivity index (χ4v) is 2.10. The van der Waals surface area contributed by atoms with Gasteiger partial charge in [0.1, 0.15) is 12.2 Å². The first-order chi connectivity index (χ1) is 7.58. The first-order valence-electron chi connectivity index (χ1n) is 5.30. The molecule has 0 aromatic heterocycles. The SMILES string of the molecule is C=C(C)O[C@H]1CO[C@@H]2[C@H]1OC[C@H]2OC(C)=O. The lowest BCUT2D eigenvalue weighted by Crippen LogP contribution is -2.34. The summed E-state index contributed by atoms with van der Waals surface area (Å²) in [5.74, 6) is 0.316. The molecule has 0 spiro atoms. The highest BCUT2D eigenvalue weighted by atomic mass is 16.7. The van der Waals surface area contributed by atoms with Gasteiger partial charge < -0.3 is 18.9 Å². The molecule has 2 aliphatic rings. The summed E-state index contributed by atoms with van der Waals surface area (Å²) in [6.45, 7) is 7.65. The van der Waals surface area contributed by atoms with E-state index < -0.39 is 0 Å². The van der Waals surface area contributed by atoms with Gasteiger partial charge in [-0.25, -0.2) is 0 Å². The average molecular weight is 228 g/mol. The molecule has 0 amide bonds. The molecular weight excluding hydrogens is 212 g/mol. The van der Waals surface area contributed by atoms with Crippen molar-refractivity contribution in [3.63, 3.8) is 0 Å². The molecule has 90 valence electrons. The van der Waals surface area contributed by atoms with Gasteiger partial charge in [0.2, 0.25) is 0 Å². The summed E-state index contributed by atoms with van der Waals surface area (Å²) in [7, 11) is 0. The summed E-state index contributed by atoms with van der Waals surface area (Å²) in [6, 6.07) is 0. The Bertz CT molecular complexity index is 271. The number of allylic oxidation sites excluding steroid dienone is 1. The van der Waals surface area contributed by atoms with Crippen LogP contribution in [0.2, 0.25) is 0 Å². The van der Waals surface area contributed by atoms with Crippen LogP contribution >= 0.6 is 0 Å². The van der Waals surface area contributed by atoms with E-state index in [4.69, 9.17) is 18.9 Å². The van der Waals surface area contributed by atoms with Crippen LogP contribution in [0.3, 0.4) is 0 Å². The average Bonchev–Trinajstić information content (AvgIpc) is 2.70. The summed E-state index contributed by atoms with van der Waals surface area (Å²) in [4.78, 5) is 10.9. The molecule has 5 nitrogen and oxygen atoms in total. The molecule has 2 aliphatic heterocycles. The second-order valence-corrected chi connectivity index (χ2v) is 4.10. The molecule has 0 unspecified atom stereocenters. The normalized spacial score (nSPS) is 36.9. The van der Waals surface area contributed by atoms with E-state index in [0.29, 0.717) is 19.0 Å². The zero-order valence-electron chi connectivity index (χ0n) is 9.47. The molecule has 0 aromatic rings. The van der Waals surface area contributed by atoms with Gasteiger partial charge in [-0.15, -0.1) is 0 Å². The summed E-state index contributed by atoms with van der Waals surface area (Å²) < 4.78 is 21.7. The number of carbonyl (C=O) groups excluding carboxylic acids is 1. The Morgan fingerprint density at radius 2 is 1.62 bits per heavy atom. The lowest BCUT2D eigenvalue weighted by molar-refractivity contribution is -0.151. The minimum absolute atomic E-state index is 0.150. The van der Waals surface area contributed by atoms with Crippen LogP contribution in [0.4, 0.5) is 0 Å². The highest BCUT2D eigenvalue weighted by Gasteiger charge is 2.50. The fourth-order valence-electron chi connectivity index (χ4n) is 2.10. The van der Waals surface area contributed by atoms with Gasteiger partial charge >= 0.3 is 5.97 Å². The number of rotatable bonds is 3. The Balaban J connectivity index is 1.95. The first-order valence-corrected chi connectivity index (χ1v) is 5.30. The van der Waals surface area contributed by atoms with E-state index in [1.54, 1.807) is 6.92 Å². The molecule has 2 heterocycles. The van der Waals surface area contributed by atoms with Crippen molar-refractivity contribution < 1.29 is 23.7 Å². The van der Waals surface area contributed by atoms with Gasteiger partial charge in [-0.05, 0) is 6.92 Å². The van der Waals surface area contributed by atoms with Crippen LogP contribution in [0.15, 0.2) is 12.3 Å². The zero-order valence-corrected chi connectivity index (χ0v) is 9.47. The van der Waals surface area contributed by atoms with Crippen molar-refractivity contribution in [3.05, 3.63) is 12.3 Å². The van der Waals surface area contributed by atoms with E-state index in [1.165, 1.54) is 6.92 Å². The Morgan fingerprint density at radius 3 is 2.06 bits per heavy atom. The van der Waals surface area contributed by atoms with Gasteiger partial charge in [0.05, 0.1) is 19.0 Å². The number of carbonyl (C=O) groups is 1. The minimum atomic E-state index is -0.318. The van der Waals surface area contributed by atoms with Gasteiger partial charge in [-0.2, -0.15) is 0 Å². The standard InChI is InChI=1S/C11H16O5/c1-6(2)15-8-4-13-11-9(16-7(3)12)5-14-10(8)11/h8-11H,1,4-5H2,2-3H3/t8-,9+,10-,11-/m0/s1. The van der Waals surface area contributed by atoms with E-state index in [-0.39, 0.29) is 30.4 Å². The fraction of sp³-hybridized carbons (Fsp3) is 0.727. The highest BCUT2D eigenvalue weighted by Crippen LogP contribution is 2.31. The Morgan fingerprint density at radius 1 is 1.12 bits per heavy atom. The second-order valence-electron chi connectivity index (χ2n) is 4.10. The van der Waals surface area contributed by atoms with Crippen LogP contribution in [0.25, 0.3) is 0 Å². The maximum Gasteiger partial charge on any atom is 0.303 e. The maximum atomic E-state index is 10.9. The predicted octanol–water partition coefficient (Wildman–Crippen LogP) is 0.634. The molecule has 2 rings (SSSR count). The largest absolute Gasteiger partial charge is 0.490 e. The highest BCUT2D eigenvalue weighted by molar-refractivity contribution is 5.66. The summed E-state index contributed by atoms with van der Waals surface area (Å²) in [6.07, 6.45) is -0.849. The van der Waals surface area contributed by atoms with Gasteiger partial charge in [-0.1, -0.05) is 6.58 Å². The van der Waals surface area contributed by atoms with Gasteiger partial charge in [0, 0.05) is 6.92 Å². The monoisotopic (exact) mass is 228 g/mol. The van der Waals surface area contributed by atoms with Crippen LogP contribution in [-0.2, 0) is 23.7 Å². The number of hydrogen-bond donors (Lipinski definition) is 0. The van der Waals surface area contributed by atoms with Crippen LogP contribution in [0, 0.1) is 0 Å². The molecule has 0 aromatic carbocycles. The summed E-state index contributed by atoms with van der Waals surface area (Å²) in [5.41, 5.74) is 0. The van der Waals surface area contributed by atoms with Gasteiger partial charge in [0.15, 0.2) is 12.2 Å². The molecule has 0 N–H and O–H groups in total. The van der Waals surface area contributed by atoms with Crippen molar-refractivity contribution in [2.24, 2.45) is 0 Å². The third-order valence-electron chi connectivity index (χ3n) is 2.63. The number of fused-ring (bicyclic) bond motifs is 1. The molecular formula is C11H16O5. The van der Waals surface area contributed by atoms with Crippen molar-refractivity contribution >= 4 is 5.97 Å². The first kappa shape index (κ1) is 11.4. The predicted molar refractivity (Wildman–Crippen MR) is 54.7 cm³/mol. The van der Waals surface area contributed by atoms with Crippen molar-refractivity contribution in [1.82, 2.24) is 0 Å². The molecule has 2 saturated heterocycles. The van der Waals surface area contributed by atoms with Crippen molar-refractivity contribution in [2.75, 3.05) is 13.2 Å². The summed E-state index contributed by atoms with van der Waals surface area (Å²) in [5, 5.41) is 0.